The van der Waals surface area contributed by atoms with E-state index < -0.39 is 29.8 Å². The summed E-state index contributed by atoms with van der Waals surface area (Å²) in [6.45, 7) is 15.1. The molecule has 0 aromatic rings. The van der Waals surface area contributed by atoms with Crippen molar-refractivity contribution < 1.29 is 24.9 Å². The maximum atomic E-state index is 12.5. The van der Waals surface area contributed by atoms with Crippen molar-refractivity contribution in [2.75, 3.05) is 0 Å². The lowest BCUT2D eigenvalue weighted by atomic mass is 9.78. The first-order valence-corrected chi connectivity index (χ1v) is 10.7. The van der Waals surface area contributed by atoms with Gasteiger partial charge in [0.05, 0.1) is 18.1 Å². The van der Waals surface area contributed by atoms with E-state index in [9.17, 15) is 20.1 Å². The Hall–Kier alpha value is -0.650. The zero-order valence-electron chi connectivity index (χ0n) is 18.7. The quantitative estimate of drug-likeness (QED) is 0.416. The third-order valence-corrected chi connectivity index (χ3v) is 6.10. The molecule has 0 bridgehead atoms. The summed E-state index contributed by atoms with van der Waals surface area (Å²) in [6, 6.07) is 0. The molecule has 0 aliphatic heterocycles. The summed E-state index contributed by atoms with van der Waals surface area (Å²) in [5, 5.41) is 32.3. The molecule has 8 atom stereocenters. The monoisotopic (exact) mass is 388 g/mol. The van der Waals surface area contributed by atoms with Crippen LogP contribution in [0.1, 0.15) is 87.5 Å². The largest absolute Gasteiger partial charge is 0.459 e. The molecule has 5 nitrogen and oxygen atoms in total. The van der Waals surface area contributed by atoms with E-state index >= 15 is 0 Å². The first-order chi connectivity index (χ1) is 12.4. The van der Waals surface area contributed by atoms with Gasteiger partial charge in [0.25, 0.3) is 0 Å². The van der Waals surface area contributed by atoms with Crippen LogP contribution in [-0.4, -0.2) is 45.2 Å². The number of hydrogen-bond acceptors (Lipinski definition) is 5. The van der Waals surface area contributed by atoms with E-state index in [1.165, 1.54) is 6.92 Å². The van der Waals surface area contributed by atoms with Crippen LogP contribution >= 0.6 is 0 Å². The Kier molecular flexibility index (Phi) is 11.7. The van der Waals surface area contributed by atoms with Crippen molar-refractivity contribution in [3.05, 3.63) is 0 Å². The van der Waals surface area contributed by atoms with Gasteiger partial charge in [-0.05, 0) is 38.0 Å². The van der Waals surface area contributed by atoms with Gasteiger partial charge in [0.1, 0.15) is 11.7 Å². The second kappa shape index (κ2) is 12.0. The lowest BCUT2D eigenvalue weighted by molar-refractivity contribution is -0.194. The van der Waals surface area contributed by atoms with Crippen LogP contribution in [0.2, 0.25) is 0 Å². The molecule has 0 spiro atoms. The van der Waals surface area contributed by atoms with Crippen LogP contribution in [0.4, 0.5) is 0 Å². The Labute approximate surface area is 166 Å². The third-order valence-electron chi connectivity index (χ3n) is 6.10. The first-order valence-electron chi connectivity index (χ1n) is 10.7. The fraction of sp³-hybridized carbons (Fsp3) is 0.955. The summed E-state index contributed by atoms with van der Waals surface area (Å²) in [5.74, 6) is -0.689. The van der Waals surface area contributed by atoms with E-state index in [-0.39, 0.29) is 17.8 Å². The normalized spacial score (nSPS) is 22.0. The van der Waals surface area contributed by atoms with E-state index in [4.69, 9.17) is 4.74 Å². The van der Waals surface area contributed by atoms with Gasteiger partial charge < -0.3 is 20.1 Å². The molecule has 27 heavy (non-hydrogen) atoms. The molecule has 0 amide bonds. The van der Waals surface area contributed by atoms with Gasteiger partial charge in [0, 0.05) is 5.92 Å². The summed E-state index contributed by atoms with van der Waals surface area (Å²) in [7, 11) is 0. The van der Waals surface area contributed by atoms with E-state index in [2.05, 4.69) is 13.8 Å². The molecule has 0 aliphatic carbocycles. The molecule has 0 aliphatic rings. The third kappa shape index (κ3) is 7.71. The molecule has 0 radical (unpaired) electrons. The zero-order valence-corrected chi connectivity index (χ0v) is 18.7. The van der Waals surface area contributed by atoms with E-state index in [0.717, 1.165) is 25.7 Å². The van der Waals surface area contributed by atoms with E-state index in [1.54, 1.807) is 6.92 Å². The number of carbonyl (C=O) groups is 1. The van der Waals surface area contributed by atoms with Gasteiger partial charge in [-0.25, -0.2) is 0 Å². The molecular formula is C22H44O5. The average molecular weight is 389 g/mol. The van der Waals surface area contributed by atoms with E-state index in [1.807, 2.05) is 27.7 Å². The maximum Gasteiger partial charge on any atom is 0.309 e. The van der Waals surface area contributed by atoms with Gasteiger partial charge in [0.2, 0.25) is 0 Å². The average Bonchev–Trinajstić information content (AvgIpc) is 2.63. The molecule has 0 aromatic carbocycles. The van der Waals surface area contributed by atoms with Crippen LogP contribution in [0.3, 0.4) is 0 Å². The molecule has 0 heterocycles. The van der Waals surface area contributed by atoms with Crippen molar-refractivity contribution in [1.82, 2.24) is 0 Å². The Morgan fingerprint density at radius 1 is 1.04 bits per heavy atom. The lowest BCUT2D eigenvalue weighted by Crippen LogP contribution is -2.56. The van der Waals surface area contributed by atoms with Crippen LogP contribution in [0, 0.1) is 23.7 Å². The second-order valence-corrected chi connectivity index (χ2v) is 8.77. The lowest BCUT2D eigenvalue weighted by Gasteiger charge is -2.41. The highest BCUT2D eigenvalue weighted by Crippen LogP contribution is 2.31. The van der Waals surface area contributed by atoms with Gasteiger partial charge in [-0.15, -0.1) is 0 Å². The van der Waals surface area contributed by atoms with Crippen LogP contribution < -0.4 is 0 Å². The zero-order chi connectivity index (χ0) is 21.4. The summed E-state index contributed by atoms with van der Waals surface area (Å²) >= 11 is 0. The molecule has 0 saturated heterocycles. The van der Waals surface area contributed by atoms with Gasteiger partial charge in [-0.2, -0.15) is 0 Å². The number of carbonyl (C=O) groups excluding carboxylic acids is 1. The molecule has 0 fully saturated rings. The number of rotatable bonds is 13. The number of esters is 1. The maximum absolute atomic E-state index is 12.5. The number of aliphatic hydroxyl groups is 3. The smallest absolute Gasteiger partial charge is 0.309 e. The predicted molar refractivity (Wildman–Crippen MR) is 109 cm³/mol. The SMILES string of the molecule is CCC[C@@H](C)[C@H](O)[C@H](C)[C@@H](O)[C@](C)(O)[C@@H](CC)OC(=O)[C@H](C)C[C@H](C)CC. The van der Waals surface area contributed by atoms with Crippen molar-refractivity contribution >= 4 is 5.97 Å². The predicted octanol–water partition coefficient (Wildman–Crippen LogP) is 3.93. The van der Waals surface area contributed by atoms with Crippen LogP contribution in [-0.2, 0) is 9.53 Å². The molecule has 162 valence electrons. The number of ether oxygens (including phenoxy) is 1. The summed E-state index contributed by atoms with van der Waals surface area (Å²) in [5.41, 5.74) is -1.63. The number of aliphatic hydroxyl groups excluding tert-OH is 2. The van der Waals surface area contributed by atoms with Crippen molar-refractivity contribution in [2.24, 2.45) is 23.7 Å². The van der Waals surface area contributed by atoms with Gasteiger partial charge >= 0.3 is 5.97 Å². The highest BCUT2D eigenvalue weighted by atomic mass is 16.6. The van der Waals surface area contributed by atoms with Crippen LogP contribution in [0.25, 0.3) is 0 Å². The highest BCUT2D eigenvalue weighted by molar-refractivity contribution is 5.72. The molecule has 0 unspecified atom stereocenters. The molecule has 0 saturated carbocycles. The van der Waals surface area contributed by atoms with Gasteiger partial charge in [-0.1, -0.05) is 61.3 Å². The molecular weight excluding hydrogens is 344 g/mol. The minimum Gasteiger partial charge on any atom is -0.459 e. The minimum absolute atomic E-state index is 0.0219. The van der Waals surface area contributed by atoms with Gasteiger partial charge in [0.15, 0.2) is 0 Å². The summed E-state index contributed by atoms with van der Waals surface area (Å²) in [6.07, 6.45) is 1.16. The Morgan fingerprint density at radius 2 is 1.59 bits per heavy atom. The summed E-state index contributed by atoms with van der Waals surface area (Å²) < 4.78 is 5.60. The molecule has 5 heteroatoms. The molecule has 0 rings (SSSR count). The topological polar surface area (TPSA) is 87.0 Å². The second-order valence-electron chi connectivity index (χ2n) is 8.77. The molecule has 0 aromatic heterocycles. The number of hydrogen-bond donors (Lipinski definition) is 3. The first kappa shape index (κ1) is 26.4. The fourth-order valence-corrected chi connectivity index (χ4v) is 3.79. The van der Waals surface area contributed by atoms with Crippen molar-refractivity contribution in [1.29, 1.82) is 0 Å². The standard InChI is InChI=1S/C22H44O5/c1-9-12-15(5)19(23)17(7)20(24)22(8,26)18(11-3)27-21(25)16(6)13-14(4)10-2/h14-20,23-24,26H,9-13H2,1-8H3/t14-,15-,16-,17+,18-,19+,20-,22-/m1/s1. The van der Waals surface area contributed by atoms with Crippen LogP contribution in [0.15, 0.2) is 0 Å². The Bertz CT molecular complexity index is 423. The van der Waals surface area contributed by atoms with E-state index in [0.29, 0.717) is 12.3 Å². The van der Waals surface area contributed by atoms with Crippen molar-refractivity contribution in [3.8, 4) is 0 Å². The molecule has 3 N–H and O–H groups in total. The van der Waals surface area contributed by atoms with Crippen molar-refractivity contribution in [3.63, 3.8) is 0 Å². The van der Waals surface area contributed by atoms with Crippen LogP contribution in [0.5, 0.6) is 0 Å². The van der Waals surface area contributed by atoms with Gasteiger partial charge in [-0.3, -0.25) is 4.79 Å². The highest BCUT2D eigenvalue weighted by Gasteiger charge is 2.45. The fourth-order valence-electron chi connectivity index (χ4n) is 3.79. The minimum atomic E-state index is -1.63. The Balaban J connectivity index is 5.12. The van der Waals surface area contributed by atoms with Crippen molar-refractivity contribution in [2.45, 2.75) is 111 Å². The summed E-state index contributed by atoms with van der Waals surface area (Å²) in [4.78, 5) is 12.5. The Morgan fingerprint density at radius 3 is 2.04 bits per heavy atom.